The molecule has 1 aromatic rings. The third-order valence-electron chi connectivity index (χ3n) is 6.33. The van der Waals surface area contributed by atoms with Gasteiger partial charge >= 0.3 is 12.2 Å². The predicted molar refractivity (Wildman–Crippen MR) is 105 cm³/mol. The number of amides is 3. The number of alkyl halides is 3. The lowest BCUT2D eigenvalue weighted by Gasteiger charge is -2.49. The number of halogens is 3. The molecule has 10 heteroatoms. The molecular weight excluding hydrogens is 415 g/mol. The van der Waals surface area contributed by atoms with Crippen LogP contribution in [0.5, 0.6) is 5.75 Å². The molecule has 0 radical (unpaired) electrons. The van der Waals surface area contributed by atoms with Crippen LogP contribution in [0.15, 0.2) is 24.3 Å². The monoisotopic (exact) mass is 441 g/mol. The van der Waals surface area contributed by atoms with Crippen molar-refractivity contribution in [3.8, 4) is 5.75 Å². The van der Waals surface area contributed by atoms with E-state index in [1.54, 1.807) is 9.80 Å². The van der Waals surface area contributed by atoms with Crippen LogP contribution in [0, 0.1) is 0 Å². The van der Waals surface area contributed by atoms with Crippen molar-refractivity contribution in [3.05, 3.63) is 29.8 Å². The first-order valence-corrected chi connectivity index (χ1v) is 10.5. The number of fused-ring (bicyclic) bond motifs is 1. The van der Waals surface area contributed by atoms with Gasteiger partial charge in [0.1, 0.15) is 18.5 Å². The van der Waals surface area contributed by atoms with Gasteiger partial charge in [-0.2, -0.15) is 13.2 Å². The van der Waals surface area contributed by atoms with E-state index in [0.717, 1.165) is 12.1 Å². The normalized spacial score (nSPS) is 27.5. The number of carbonyl (C=O) groups excluding carboxylic acids is 2. The topological polar surface area (TPSA) is 71.1 Å². The Kier molecular flexibility index (Phi) is 5.76. The first-order chi connectivity index (χ1) is 14.6. The van der Waals surface area contributed by atoms with Gasteiger partial charge in [-0.15, -0.1) is 0 Å². The van der Waals surface area contributed by atoms with Crippen molar-refractivity contribution in [1.82, 2.24) is 15.1 Å². The molecule has 0 saturated carbocycles. The Labute approximate surface area is 178 Å². The molecule has 3 amide bonds. The molecule has 0 aromatic heterocycles. The highest BCUT2D eigenvalue weighted by Gasteiger charge is 2.46. The zero-order chi connectivity index (χ0) is 22.2. The number of piperidine rings is 2. The number of carbonyl (C=O) groups is 2. The average Bonchev–Trinajstić information content (AvgIpc) is 2.73. The molecule has 3 fully saturated rings. The second-order valence-electron chi connectivity index (χ2n) is 8.53. The fourth-order valence-electron chi connectivity index (χ4n) is 4.35. The molecule has 3 aliphatic rings. The van der Waals surface area contributed by atoms with Crippen LogP contribution in [0.2, 0.25) is 0 Å². The molecular formula is C21H26F3N3O4. The van der Waals surface area contributed by atoms with Gasteiger partial charge < -0.3 is 24.6 Å². The number of ether oxygens (including phenoxy) is 2. The molecule has 0 bridgehead atoms. The number of rotatable bonds is 2. The van der Waals surface area contributed by atoms with E-state index in [1.165, 1.54) is 12.1 Å². The van der Waals surface area contributed by atoms with Crippen molar-refractivity contribution < 1.29 is 32.2 Å². The number of morpholine rings is 1. The predicted octanol–water partition coefficient (Wildman–Crippen LogP) is 2.65. The summed E-state index contributed by atoms with van der Waals surface area (Å²) >= 11 is 0. The second kappa shape index (κ2) is 8.22. The molecule has 0 unspecified atom stereocenters. The quantitative estimate of drug-likeness (QED) is 0.766. The summed E-state index contributed by atoms with van der Waals surface area (Å²) in [6, 6.07) is 4.51. The van der Waals surface area contributed by atoms with Crippen molar-refractivity contribution in [2.45, 2.75) is 50.1 Å². The standard InChI is InChI=1S/C21H26F3N3O4/c1-20-7-10-27(12-17(20)25-18(28)13-30-20)19(29)26-8-5-15(6-9-26)31-16-4-2-3-14(11-16)21(22,23)24/h2-4,11,15,17H,5-10,12-13H2,1H3,(H,25,28)/t17-,20+/m1/s1. The van der Waals surface area contributed by atoms with Gasteiger partial charge in [-0.1, -0.05) is 6.07 Å². The van der Waals surface area contributed by atoms with Crippen molar-refractivity contribution in [3.63, 3.8) is 0 Å². The summed E-state index contributed by atoms with van der Waals surface area (Å²) < 4.78 is 50.1. The summed E-state index contributed by atoms with van der Waals surface area (Å²) in [7, 11) is 0. The van der Waals surface area contributed by atoms with E-state index in [2.05, 4.69) is 5.32 Å². The van der Waals surface area contributed by atoms with Gasteiger partial charge in [0.2, 0.25) is 5.91 Å². The maximum Gasteiger partial charge on any atom is 0.416 e. The van der Waals surface area contributed by atoms with Crippen LogP contribution >= 0.6 is 0 Å². The fraction of sp³-hybridized carbons (Fsp3) is 0.619. The third-order valence-corrected chi connectivity index (χ3v) is 6.33. The minimum atomic E-state index is -4.41. The minimum absolute atomic E-state index is 0.0420. The highest BCUT2D eigenvalue weighted by atomic mass is 19.4. The van der Waals surface area contributed by atoms with Crippen LogP contribution in [0.1, 0.15) is 31.7 Å². The zero-order valence-corrected chi connectivity index (χ0v) is 17.3. The average molecular weight is 441 g/mol. The second-order valence-corrected chi connectivity index (χ2v) is 8.53. The molecule has 3 saturated heterocycles. The highest BCUT2D eigenvalue weighted by molar-refractivity contribution is 5.79. The fourth-order valence-corrected chi connectivity index (χ4v) is 4.35. The van der Waals surface area contributed by atoms with Crippen molar-refractivity contribution in [2.75, 3.05) is 32.8 Å². The zero-order valence-electron chi connectivity index (χ0n) is 17.3. The Morgan fingerprint density at radius 1 is 1.23 bits per heavy atom. The molecule has 170 valence electrons. The van der Waals surface area contributed by atoms with Crippen LogP contribution in [0.25, 0.3) is 0 Å². The summed E-state index contributed by atoms with van der Waals surface area (Å²) in [5.74, 6) is 0.00675. The number of hydrogen-bond donors (Lipinski definition) is 1. The van der Waals surface area contributed by atoms with Crippen LogP contribution in [0.3, 0.4) is 0 Å². The van der Waals surface area contributed by atoms with Gasteiger partial charge in [0.15, 0.2) is 0 Å². The number of benzene rings is 1. The summed E-state index contributed by atoms with van der Waals surface area (Å²) in [4.78, 5) is 28.1. The van der Waals surface area contributed by atoms with Crippen LogP contribution in [0.4, 0.5) is 18.0 Å². The van der Waals surface area contributed by atoms with E-state index in [-0.39, 0.29) is 36.4 Å². The Hall–Kier alpha value is -2.49. The maximum absolute atomic E-state index is 13.0. The van der Waals surface area contributed by atoms with Gasteiger partial charge in [0.05, 0.1) is 17.2 Å². The number of likely N-dealkylation sites (tertiary alicyclic amines) is 2. The van der Waals surface area contributed by atoms with Crippen molar-refractivity contribution in [2.24, 2.45) is 0 Å². The molecule has 0 aliphatic carbocycles. The first kappa shape index (κ1) is 21.7. The Morgan fingerprint density at radius 2 is 1.97 bits per heavy atom. The van der Waals surface area contributed by atoms with Crippen LogP contribution in [-0.4, -0.2) is 72.3 Å². The lowest BCUT2D eigenvalue weighted by Crippen LogP contribution is -2.67. The molecule has 1 N–H and O–H groups in total. The van der Waals surface area contributed by atoms with Crippen molar-refractivity contribution in [1.29, 1.82) is 0 Å². The molecule has 31 heavy (non-hydrogen) atoms. The first-order valence-electron chi connectivity index (χ1n) is 10.5. The number of hydrogen-bond acceptors (Lipinski definition) is 4. The van der Waals surface area contributed by atoms with Crippen molar-refractivity contribution >= 4 is 11.9 Å². The SMILES string of the molecule is C[C@]12CCN(C(=O)N3CCC(Oc4cccc(C(F)(F)F)c4)CC3)C[C@H]1NC(=O)CO2. The van der Waals surface area contributed by atoms with Gasteiger partial charge in [-0.05, 0) is 31.5 Å². The molecule has 7 nitrogen and oxygen atoms in total. The van der Waals surface area contributed by atoms with Gasteiger partial charge in [0, 0.05) is 39.0 Å². The lowest BCUT2D eigenvalue weighted by atomic mass is 9.87. The molecule has 2 atom stereocenters. The molecule has 0 spiro atoms. The van der Waals surface area contributed by atoms with E-state index >= 15 is 0 Å². The summed E-state index contributed by atoms with van der Waals surface area (Å²) in [6.07, 6.45) is -2.95. The number of nitrogens with zero attached hydrogens (tertiary/aromatic N) is 2. The van der Waals surface area contributed by atoms with E-state index < -0.39 is 17.3 Å². The van der Waals surface area contributed by atoms with E-state index in [0.29, 0.717) is 45.4 Å². The van der Waals surface area contributed by atoms with E-state index in [9.17, 15) is 22.8 Å². The summed E-state index contributed by atoms with van der Waals surface area (Å²) in [5.41, 5.74) is -1.20. The Morgan fingerprint density at radius 3 is 2.68 bits per heavy atom. The van der Waals surface area contributed by atoms with Gasteiger partial charge in [-0.25, -0.2) is 4.79 Å². The molecule has 4 rings (SSSR count). The maximum atomic E-state index is 13.0. The smallest absolute Gasteiger partial charge is 0.416 e. The van der Waals surface area contributed by atoms with Crippen LogP contribution < -0.4 is 10.1 Å². The number of urea groups is 1. The Bertz CT molecular complexity index is 841. The number of nitrogens with one attached hydrogen (secondary N) is 1. The largest absolute Gasteiger partial charge is 0.490 e. The molecule has 1 aromatic carbocycles. The summed E-state index contributed by atoms with van der Waals surface area (Å²) in [6.45, 7) is 3.85. The third kappa shape index (κ3) is 4.73. The van der Waals surface area contributed by atoms with E-state index in [4.69, 9.17) is 9.47 Å². The summed E-state index contributed by atoms with van der Waals surface area (Å²) in [5, 5.41) is 2.92. The van der Waals surface area contributed by atoms with Crippen LogP contribution in [-0.2, 0) is 15.7 Å². The Balaban J connectivity index is 1.30. The highest BCUT2D eigenvalue weighted by Crippen LogP contribution is 2.32. The van der Waals surface area contributed by atoms with E-state index in [1.807, 2.05) is 6.92 Å². The molecule has 3 heterocycles. The van der Waals surface area contributed by atoms with Gasteiger partial charge in [-0.3, -0.25) is 4.79 Å². The van der Waals surface area contributed by atoms with Gasteiger partial charge in [0.25, 0.3) is 0 Å². The molecule has 3 aliphatic heterocycles. The lowest BCUT2D eigenvalue weighted by molar-refractivity contribution is -0.156. The minimum Gasteiger partial charge on any atom is -0.490 e.